The SMILES string of the molecule is CC(C)CNC(=O)c1ccc(NCCc2ccc(F)cc2)nc1. The number of benzene rings is 1. The van der Waals surface area contributed by atoms with Crippen LogP contribution in [-0.4, -0.2) is 24.0 Å². The lowest BCUT2D eigenvalue weighted by Crippen LogP contribution is -2.27. The van der Waals surface area contributed by atoms with Gasteiger partial charge in [-0.2, -0.15) is 0 Å². The van der Waals surface area contributed by atoms with Gasteiger partial charge < -0.3 is 10.6 Å². The molecule has 1 amide bonds. The molecule has 0 saturated heterocycles. The van der Waals surface area contributed by atoms with Crippen LogP contribution in [0.3, 0.4) is 0 Å². The van der Waals surface area contributed by atoms with Crippen LogP contribution in [0.25, 0.3) is 0 Å². The molecule has 1 aromatic carbocycles. The summed E-state index contributed by atoms with van der Waals surface area (Å²) < 4.78 is 12.8. The molecule has 0 fully saturated rings. The van der Waals surface area contributed by atoms with Crippen LogP contribution < -0.4 is 10.6 Å². The molecule has 0 aliphatic rings. The van der Waals surface area contributed by atoms with E-state index in [1.807, 2.05) is 13.8 Å². The number of halogens is 1. The molecule has 23 heavy (non-hydrogen) atoms. The summed E-state index contributed by atoms with van der Waals surface area (Å²) in [6, 6.07) is 9.99. The van der Waals surface area contributed by atoms with Crippen molar-refractivity contribution in [2.45, 2.75) is 20.3 Å². The average molecular weight is 315 g/mol. The summed E-state index contributed by atoms with van der Waals surface area (Å²) in [6.07, 6.45) is 2.34. The summed E-state index contributed by atoms with van der Waals surface area (Å²) >= 11 is 0. The number of hydrogen-bond donors (Lipinski definition) is 2. The van der Waals surface area contributed by atoms with E-state index in [1.165, 1.54) is 12.1 Å². The smallest absolute Gasteiger partial charge is 0.252 e. The first-order valence-electron chi connectivity index (χ1n) is 7.77. The molecule has 1 heterocycles. The zero-order valence-electron chi connectivity index (χ0n) is 13.5. The van der Waals surface area contributed by atoms with Crippen LogP contribution in [0.2, 0.25) is 0 Å². The first-order valence-corrected chi connectivity index (χ1v) is 7.77. The Morgan fingerprint density at radius 3 is 2.52 bits per heavy atom. The molecule has 2 aromatic rings. The van der Waals surface area contributed by atoms with Gasteiger partial charge in [-0.15, -0.1) is 0 Å². The van der Waals surface area contributed by atoms with Crippen LogP contribution in [0.4, 0.5) is 10.2 Å². The van der Waals surface area contributed by atoms with Crippen molar-refractivity contribution in [1.29, 1.82) is 0 Å². The number of nitrogens with one attached hydrogen (secondary N) is 2. The predicted octanol–water partition coefficient (Wildman–Crippen LogP) is 3.26. The van der Waals surface area contributed by atoms with E-state index in [1.54, 1.807) is 30.5 Å². The lowest BCUT2D eigenvalue weighted by atomic mass is 10.1. The van der Waals surface area contributed by atoms with E-state index in [0.29, 0.717) is 30.4 Å². The number of pyridine rings is 1. The third-order valence-electron chi connectivity index (χ3n) is 3.33. The Kier molecular flexibility index (Phi) is 6.09. The second-order valence-electron chi connectivity index (χ2n) is 5.84. The number of rotatable bonds is 7. The Bertz CT molecular complexity index is 624. The van der Waals surface area contributed by atoms with E-state index in [2.05, 4.69) is 15.6 Å². The predicted molar refractivity (Wildman–Crippen MR) is 90.0 cm³/mol. The number of anilines is 1. The Labute approximate surface area is 136 Å². The maximum atomic E-state index is 12.8. The Hall–Kier alpha value is -2.43. The molecule has 0 aliphatic carbocycles. The largest absolute Gasteiger partial charge is 0.370 e. The molecule has 1 aromatic heterocycles. The third kappa shape index (κ3) is 5.70. The highest BCUT2D eigenvalue weighted by atomic mass is 19.1. The second kappa shape index (κ2) is 8.27. The number of amides is 1. The molecule has 2 N–H and O–H groups in total. The van der Waals surface area contributed by atoms with Gasteiger partial charge in [-0.1, -0.05) is 26.0 Å². The molecule has 0 spiro atoms. The summed E-state index contributed by atoms with van der Waals surface area (Å²) in [5, 5.41) is 6.04. The van der Waals surface area contributed by atoms with E-state index in [9.17, 15) is 9.18 Å². The van der Waals surface area contributed by atoms with E-state index in [4.69, 9.17) is 0 Å². The van der Waals surface area contributed by atoms with Crippen LogP contribution in [0.15, 0.2) is 42.6 Å². The van der Waals surface area contributed by atoms with E-state index in [-0.39, 0.29) is 11.7 Å². The van der Waals surface area contributed by atoms with Gasteiger partial charge in [0.15, 0.2) is 0 Å². The molecule has 122 valence electrons. The van der Waals surface area contributed by atoms with E-state index >= 15 is 0 Å². The lowest BCUT2D eigenvalue weighted by molar-refractivity contribution is 0.0948. The minimum atomic E-state index is -0.227. The number of aromatic nitrogens is 1. The molecule has 4 nitrogen and oxygen atoms in total. The molecule has 0 aliphatic heterocycles. The summed E-state index contributed by atoms with van der Waals surface area (Å²) in [4.78, 5) is 16.1. The van der Waals surface area contributed by atoms with Gasteiger partial charge in [-0.3, -0.25) is 4.79 Å². The fourth-order valence-electron chi connectivity index (χ4n) is 2.02. The third-order valence-corrected chi connectivity index (χ3v) is 3.33. The fraction of sp³-hybridized carbons (Fsp3) is 0.333. The minimum absolute atomic E-state index is 0.107. The number of carbonyl (C=O) groups is 1. The highest BCUT2D eigenvalue weighted by Gasteiger charge is 2.06. The van der Waals surface area contributed by atoms with Crippen molar-refractivity contribution in [2.24, 2.45) is 5.92 Å². The maximum Gasteiger partial charge on any atom is 0.252 e. The van der Waals surface area contributed by atoms with E-state index in [0.717, 1.165) is 12.0 Å². The fourth-order valence-corrected chi connectivity index (χ4v) is 2.02. The maximum absolute atomic E-state index is 12.8. The summed E-state index contributed by atoms with van der Waals surface area (Å²) in [5.41, 5.74) is 1.61. The van der Waals surface area contributed by atoms with Crippen LogP contribution in [0.5, 0.6) is 0 Å². The van der Waals surface area contributed by atoms with Crippen molar-refractivity contribution in [3.63, 3.8) is 0 Å². The first-order chi connectivity index (χ1) is 11.0. The lowest BCUT2D eigenvalue weighted by Gasteiger charge is -2.09. The van der Waals surface area contributed by atoms with Gasteiger partial charge >= 0.3 is 0 Å². The molecule has 0 bridgehead atoms. The quantitative estimate of drug-likeness (QED) is 0.824. The second-order valence-corrected chi connectivity index (χ2v) is 5.84. The molecule has 0 atom stereocenters. The molecule has 5 heteroatoms. The number of carbonyl (C=O) groups excluding carboxylic acids is 1. The minimum Gasteiger partial charge on any atom is -0.370 e. The van der Waals surface area contributed by atoms with Crippen LogP contribution >= 0.6 is 0 Å². The zero-order valence-corrected chi connectivity index (χ0v) is 13.5. The van der Waals surface area contributed by atoms with Gasteiger partial charge in [0.2, 0.25) is 0 Å². The Balaban J connectivity index is 1.80. The normalized spacial score (nSPS) is 10.6. The summed E-state index contributed by atoms with van der Waals surface area (Å²) in [5.74, 6) is 0.797. The highest BCUT2D eigenvalue weighted by Crippen LogP contribution is 2.07. The van der Waals surface area contributed by atoms with Crippen molar-refractivity contribution in [1.82, 2.24) is 10.3 Å². The van der Waals surface area contributed by atoms with Gasteiger partial charge in [0.25, 0.3) is 5.91 Å². The summed E-state index contributed by atoms with van der Waals surface area (Å²) in [7, 11) is 0. The molecule has 0 saturated carbocycles. The van der Waals surface area contributed by atoms with Crippen LogP contribution in [0, 0.1) is 11.7 Å². The zero-order chi connectivity index (χ0) is 16.7. The van der Waals surface area contributed by atoms with Crippen molar-refractivity contribution in [2.75, 3.05) is 18.4 Å². The highest BCUT2D eigenvalue weighted by molar-refractivity contribution is 5.94. The molecular formula is C18H22FN3O. The first kappa shape index (κ1) is 16.9. The van der Waals surface area contributed by atoms with Gasteiger partial charge in [0, 0.05) is 19.3 Å². The van der Waals surface area contributed by atoms with Crippen LogP contribution in [-0.2, 0) is 6.42 Å². The van der Waals surface area contributed by atoms with Gasteiger partial charge in [0.05, 0.1) is 5.56 Å². The standard InChI is InChI=1S/C18H22FN3O/c1-13(2)11-22-18(23)15-5-8-17(21-12-15)20-10-9-14-3-6-16(19)7-4-14/h3-8,12-13H,9-11H2,1-2H3,(H,20,21)(H,22,23). The van der Waals surface area contributed by atoms with Gasteiger partial charge in [-0.25, -0.2) is 9.37 Å². The Morgan fingerprint density at radius 1 is 1.17 bits per heavy atom. The van der Waals surface area contributed by atoms with Crippen LogP contribution in [0.1, 0.15) is 29.8 Å². The van der Waals surface area contributed by atoms with Crippen molar-refractivity contribution in [3.05, 3.63) is 59.5 Å². The molecular weight excluding hydrogens is 293 g/mol. The average Bonchev–Trinajstić information content (AvgIpc) is 2.55. The number of hydrogen-bond acceptors (Lipinski definition) is 3. The number of nitrogens with zero attached hydrogens (tertiary/aromatic N) is 1. The summed E-state index contributed by atoms with van der Waals surface area (Å²) in [6.45, 7) is 5.44. The topological polar surface area (TPSA) is 54.0 Å². The van der Waals surface area contributed by atoms with Crippen molar-refractivity contribution < 1.29 is 9.18 Å². The van der Waals surface area contributed by atoms with Crippen molar-refractivity contribution >= 4 is 11.7 Å². The molecule has 0 unspecified atom stereocenters. The van der Waals surface area contributed by atoms with Gasteiger partial charge in [-0.05, 0) is 42.2 Å². The molecule has 0 radical (unpaired) electrons. The Morgan fingerprint density at radius 2 is 1.91 bits per heavy atom. The van der Waals surface area contributed by atoms with Crippen molar-refractivity contribution in [3.8, 4) is 0 Å². The molecule has 2 rings (SSSR count). The van der Waals surface area contributed by atoms with Gasteiger partial charge in [0.1, 0.15) is 11.6 Å². The monoisotopic (exact) mass is 315 g/mol. The van der Waals surface area contributed by atoms with E-state index < -0.39 is 0 Å².